The third-order valence-corrected chi connectivity index (χ3v) is 5.10. The van der Waals surface area contributed by atoms with Gasteiger partial charge >= 0.3 is 0 Å². The van der Waals surface area contributed by atoms with Gasteiger partial charge < -0.3 is 10.1 Å². The summed E-state index contributed by atoms with van der Waals surface area (Å²) < 4.78 is 8.38. The average Bonchev–Trinajstić information content (AvgIpc) is 3.02. The number of pyridine rings is 1. The quantitative estimate of drug-likeness (QED) is 0.745. The number of halogens is 1. The van der Waals surface area contributed by atoms with E-state index in [4.69, 9.17) is 9.84 Å². The second kappa shape index (κ2) is 6.53. The van der Waals surface area contributed by atoms with Gasteiger partial charge in [0.15, 0.2) is 0 Å². The molecule has 0 radical (unpaired) electrons. The normalized spacial score (nSPS) is 15.8. The molecule has 1 aliphatic heterocycles. The lowest BCUT2D eigenvalue weighted by Crippen LogP contribution is -2.27. The van der Waals surface area contributed by atoms with Gasteiger partial charge in [0.05, 0.1) is 30.2 Å². The van der Waals surface area contributed by atoms with Gasteiger partial charge in [-0.15, -0.1) is 0 Å². The Balaban J connectivity index is 1.89. The number of benzene rings is 1. The van der Waals surface area contributed by atoms with Crippen LogP contribution in [0.15, 0.2) is 41.0 Å². The summed E-state index contributed by atoms with van der Waals surface area (Å²) in [6.45, 7) is 2.08. The van der Waals surface area contributed by atoms with Gasteiger partial charge in [0.25, 0.3) is 0 Å². The molecule has 1 fully saturated rings. The summed E-state index contributed by atoms with van der Waals surface area (Å²) in [4.78, 5) is 4.38. The van der Waals surface area contributed by atoms with Crippen molar-refractivity contribution >= 4 is 26.8 Å². The molecule has 0 bridgehead atoms. The van der Waals surface area contributed by atoms with Gasteiger partial charge in [-0.1, -0.05) is 15.9 Å². The smallest absolute Gasteiger partial charge is 0.213 e. The van der Waals surface area contributed by atoms with Crippen molar-refractivity contribution in [2.24, 2.45) is 0 Å². The van der Waals surface area contributed by atoms with Crippen LogP contribution in [-0.2, 0) is 0 Å². The van der Waals surface area contributed by atoms with E-state index in [0.717, 1.165) is 52.7 Å². The Bertz CT molecular complexity index is 853. The Kier molecular flexibility index (Phi) is 4.24. The highest BCUT2D eigenvalue weighted by molar-refractivity contribution is 9.10. The van der Waals surface area contributed by atoms with E-state index in [2.05, 4.69) is 38.4 Å². The number of fused-ring (bicyclic) bond motifs is 1. The van der Waals surface area contributed by atoms with Crippen LogP contribution in [0.3, 0.4) is 0 Å². The highest BCUT2D eigenvalue weighted by atomic mass is 79.9. The van der Waals surface area contributed by atoms with Crippen molar-refractivity contribution in [2.75, 3.05) is 20.2 Å². The number of hydrogen-bond acceptors (Lipinski definition) is 4. The van der Waals surface area contributed by atoms with Crippen LogP contribution >= 0.6 is 15.9 Å². The Morgan fingerprint density at radius 2 is 1.96 bits per heavy atom. The minimum Gasteiger partial charge on any atom is -0.481 e. The molecule has 0 spiro atoms. The molecular weight excluding hydrogens is 368 g/mol. The van der Waals surface area contributed by atoms with E-state index in [1.165, 1.54) is 0 Å². The van der Waals surface area contributed by atoms with Crippen LogP contribution in [0.5, 0.6) is 5.88 Å². The lowest BCUT2D eigenvalue weighted by molar-refractivity contribution is 0.398. The maximum Gasteiger partial charge on any atom is 0.213 e. The summed E-state index contributed by atoms with van der Waals surface area (Å²) in [5.41, 5.74) is 3.21. The third-order valence-electron chi connectivity index (χ3n) is 4.58. The summed E-state index contributed by atoms with van der Waals surface area (Å²) in [5.74, 6) is 1.10. The Morgan fingerprint density at radius 1 is 1.21 bits per heavy atom. The molecule has 3 aromatic rings. The topological polar surface area (TPSA) is 52.0 Å². The van der Waals surface area contributed by atoms with E-state index < -0.39 is 0 Å². The molecule has 24 heavy (non-hydrogen) atoms. The molecule has 4 rings (SSSR count). The minimum atomic E-state index is 0.470. The molecule has 1 aliphatic rings. The van der Waals surface area contributed by atoms with Gasteiger partial charge in [-0.05, 0) is 50.2 Å². The second-order valence-corrected chi connectivity index (χ2v) is 6.96. The van der Waals surface area contributed by atoms with Crippen LogP contribution < -0.4 is 10.1 Å². The van der Waals surface area contributed by atoms with Crippen molar-refractivity contribution < 1.29 is 4.74 Å². The van der Waals surface area contributed by atoms with Crippen molar-refractivity contribution in [3.63, 3.8) is 0 Å². The van der Waals surface area contributed by atoms with Crippen molar-refractivity contribution in [1.29, 1.82) is 0 Å². The molecule has 3 heterocycles. The molecule has 0 atom stereocenters. The third kappa shape index (κ3) is 2.80. The fourth-order valence-electron chi connectivity index (χ4n) is 3.31. The fraction of sp³-hybridized carbons (Fsp3) is 0.333. The van der Waals surface area contributed by atoms with Gasteiger partial charge in [0.2, 0.25) is 5.88 Å². The molecular formula is C18H19BrN4O. The van der Waals surface area contributed by atoms with Crippen molar-refractivity contribution in [1.82, 2.24) is 20.1 Å². The first-order valence-corrected chi connectivity index (χ1v) is 8.95. The second-order valence-electron chi connectivity index (χ2n) is 6.04. The molecule has 124 valence electrons. The van der Waals surface area contributed by atoms with Gasteiger partial charge in [0.1, 0.15) is 0 Å². The fourth-order valence-corrected chi connectivity index (χ4v) is 3.57. The van der Waals surface area contributed by atoms with E-state index in [1.807, 2.05) is 29.1 Å². The zero-order chi connectivity index (χ0) is 16.5. The number of nitrogens with zero attached hydrogens (tertiary/aromatic N) is 3. The van der Waals surface area contributed by atoms with Gasteiger partial charge in [-0.25, -0.2) is 9.67 Å². The van der Waals surface area contributed by atoms with Crippen LogP contribution in [0.25, 0.3) is 16.6 Å². The van der Waals surface area contributed by atoms with Crippen LogP contribution in [0.2, 0.25) is 0 Å². The molecule has 2 aromatic heterocycles. The first-order chi connectivity index (χ1) is 11.8. The van der Waals surface area contributed by atoms with Crippen LogP contribution in [-0.4, -0.2) is 35.0 Å². The number of rotatable bonds is 3. The first-order valence-electron chi connectivity index (χ1n) is 8.15. The van der Waals surface area contributed by atoms with Gasteiger partial charge in [-0.3, -0.25) is 0 Å². The van der Waals surface area contributed by atoms with Gasteiger partial charge in [-0.2, -0.15) is 5.10 Å². The van der Waals surface area contributed by atoms with Crippen LogP contribution in [0.4, 0.5) is 0 Å². The van der Waals surface area contributed by atoms with E-state index in [-0.39, 0.29) is 0 Å². The molecule has 1 N–H and O–H groups in total. The molecule has 0 unspecified atom stereocenters. The Morgan fingerprint density at radius 3 is 2.67 bits per heavy atom. The summed E-state index contributed by atoms with van der Waals surface area (Å²) in [6, 6.07) is 10.2. The Hall–Kier alpha value is -1.92. The van der Waals surface area contributed by atoms with Gasteiger partial charge in [0, 0.05) is 21.8 Å². The predicted molar refractivity (Wildman–Crippen MR) is 98.0 cm³/mol. The number of nitrogens with one attached hydrogen (secondary N) is 1. The molecule has 0 aliphatic carbocycles. The zero-order valence-electron chi connectivity index (χ0n) is 13.5. The summed E-state index contributed by atoms with van der Waals surface area (Å²) >= 11 is 3.49. The molecule has 1 saturated heterocycles. The molecule has 1 aromatic carbocycles. The van der Waals surface area contributed by atoms with Crippen LogP contribution in [0, 0.1) is 0 Å². The molecule has 5 nitrogen and oxygen atoms in total. The number of aromatic nitrogens is 3. The number of methoxy groups -OCH3 is 1. The number of hydrogen-bond donors (Lipinski definition) is 1. The van der Waals surface area contributed by atoms with E-state index in [0.29, 0.717) is 11.8 Å². The van der Waals surface area contributed by atoms with E-state index >= 15 is 0 Å². The maximum atomic E-state index is 5.33. The monoisotopic (exact) mass is 386 g/mol. The van der Waals surface area contributed by atoms with Crippen molar-refractivity contribution in [2.45, 2.75) is 18.8 Å². The molecule has 0 saturated carbocycles. The molecule has 0 amide bonds. The minimum absolute atomic E-state index is 0.470. The SMILES string of the molecule is COc1cc2c(C3CCNCC3)nn(-c3ccc(Br)cc3)c2cn1. The van der Waals surface area contributed by atoms with E-state index in [1.54, 1.807) is 7.11 Å². The maximum absolute atomic E-state index is 5.33. The van der Waals surface area contributed by atoms with Crippen molar-refractivity contribution in [3.05, 3.63) is 46.7 Å². The lowest BCUT2D eigenvalue weighted by Gasteiger charge is -2.21. The molecule has 6 heteroatoms. The number of ether oxygens (including phenoxy) is 1. The average molecular weight is 387 g/mol. The van der Waals surface area contributed by atoms with Crippen LogP contribution in [0.1, 0.15) is 24.5 Å². The largest absolute Gasteiger partial charge is 0.481 e. The summed E-state index contributed by atoms with van der Waals surface area (Å²) in [5, 5.41) is 9.53. The van der Waals surface area contributed by atoms with Crippen molar-refractivity contribution in [3.8, 4) is 11.6 Å². The highest BCUT2D eigenvalue weighted by Crippen LogP contribution is 2.33. The summed E-state index contributed by atoms with van der Waals surface area (Å²) in [7, 11) is 1.65. The number of piperidine rings is 1. The highest BCUT2D eigenvalue weighted by Gasteiger charge is 2.23. The lowest BCUT2D eigenvalue weighted by atomic mass is 9.93. The predicted octanol–water partition coefficient (Wildman–Crippen LogP) is 3.66. The standard InChI is InChI=1S/C18H19BrN4O/c1-24-17-10-15-16(11-21-17)23(14-4-2-13(19)3-5-14)22-18(15)12-6-8-20-9-7-12/h2-5,10-12,20H,6-9H2,1H3. The zero-order valence-corrected chi connectivity index (χ0v) is 15.1. The Labute approximate surface area is 149 Å². The first kappa shape index (κ1) is 15.6. The van der Waals surface area contributed by atoms with E-state index in [9.17, 15) is 0 Å². The summed E-state index contributed by atoms with van der Waals surface area (Å²) in [6.07, 6.45) is 4.07.